The molecule has 0 radical (unpaired) electrons. The molecule has 2 heterocycles. The van der Waals surface area contributed by atoms with E-state index in [4.69, 9.17) is 4.52 Å². The summed E-state index contributed by atoms with van der Waals surface area (Å²) >= 11 is 0.796. The molecule has 116 valence electrons. The Balaban J connectivity index is 1.64. The highest BCUT2D eigenvalue weighted by Gasteiger charge is 2.15. The molecule has 0 aliphatic rings. The largest absolute Gasteiger partial charge is 0.356 e. The summed E-state index contributed by atoms with van der Waals surface area (Å²) in [5, 5.41) is 17.0. The normalized spacial score (nSPS) is 10.4. The lowest BCUT2D eigenvalue weighted by atomic mass is 10.1. The number of thiazole rings is 1. The minimum Gasteiger partial charge on any atom is -0.356 e. The number of nitrogens with zero attached hydrogens (tertiary/aromatic N) is 3. The molecule has 0 saturated carbocycles. The summed E-state index contributed by atoms with van der Waals surface area (Å²) < 4.78 is 5.21. The molecule has 0 aliphatic heterocycles. The van der Waals surface area contributed by atoms with Crippen molar-refractivity contribution in [2.24, 2.45) is 0 Å². The fourth-order valence-electron chi connectivity index (χ4n) is 1.87. The third-order valence-corrected chi connectivity index (χ3v) is 3.74. The number of hydrogen-bond acceptors (Lipinski definition) is 7. The lowest BCUT2D eigenvalue weighted by molar-refractivity contribution is -0.380. The summed E-state index contributed by atoms with van der Waals surface area (Å²) in [6.45, 7) is 0. The number of nitrogens with one attached hydrogen (secondary N) is 1. The molecule has 0 bridgehead atoms. The van der Waals surface area contributed by atoms with Gasteiger partial charge in [-0.25, -0.2) is 4.98 Å². The Morgan fingerprint density at radius 3 is 2.83 bits per heavy atom. The maximum atomic E-state index is 11.9. The van der Waals surface area contributed by atoms with Crippen molar-refractivity contribution in [2.45, 2.75) is 6.42 Å². The van der Waals surface area contributed by atoms with E-state index in [1.54, 1.807) is 6.07 Å². The lowest BCUT2D eigenvalue weighted by Crippen LogP contribution is -2.14. The van der Waals surface area contributed by atoms with Crippen LogP contribution >= 0.6 is 11.3 Å². The Kier molecular flexibility index (Phi) is 4.11. The number of aromatic nitrogens is 2. The smallest absolute Gasteiger partial charge is 0.345 e. The van der Waals surface area contributed by atoms with Gasteiger partial charge in [0.2, 0.25) is 5.91 Å². The summed E-state index contributed by atoms with van der Waals surface area (Å²) in [4.78, 5) is 25.7. The van der Waals surface area contributed by atoms with Gasteiger partial charge in [-0.1, -0.05) is 35.5 Å². The highest BCUT2D eigenvalue weighted by atomic mass is 32.1. The molecular weight excluding hydrogens is 320 g/mol. The van der Waals surface area contributed by atoms with Gasteiger partial charge in [-0.3, -0.25) is 14.9 Å². The standard InChI is InChI=1S/C14H10N4O4S/c19-12(16-14-15-8-13(23-14)18(20)21)7-10-6-11(22-17-10)9-4-2-1-3-5-9/h1-6,8H,7H2,(H,15,16,19). The first-order chi connectivity index (χ1) is 11.1. The van der Waals surface area contributed by atoms with Crippen molar-refractivity contribution >= 4 is 27.4 Å². The van der Waals surface area contributed by atoms with Gasteiger partial charge >= 0.3 is 5.00 Å². The average molecular weight is 330 g/mol. The Bertz CT molecular complexity index is 843. The minimum atomic E-state index is -0.558. The zero-order chi connectivity index (χ0) is 16.2. The van der Waals surface area contributed by atoms with Gasteiger partial charge in [-0.05, 0) is 11.3 Å². The van der Waals surface area contributed by atoms with Crippen LogP contribution in [0.25, 0.3) is 11.3 Å². The number of anilines is 1. The molecule has 3 rings (SSSR count). The van der Waals surface area contributed by atoms with E-state index in [0.717, 1.165) is 23.1 Å². The quantitative estimate of drug-likeness (QED) is 0.569. The Morgan fingerprint density at radius 2 is 2.13 bits per heavy atom. The molecule has 9 heteroatoms. The molecule has 0 atom stereocenters. The van der Waals surface area contributed by atoms with Crippen LogP contribution in [-0.2, 0) is 11.2 Å². The van der Waals surface area contributed by atoms with Crippen molar-refractivity contribution < 1.29 is 14.2 Å². The van der Waals surface area contributed by atoms with E-state index < -0.39 is 4.92 Å². The molecule has 2 aromatic heterocycles. The maximum absolute atomic E-state index is 11.9. The third-order valence-electron chi connectivity index (χ3n) is 2.88. The van der Waals surface area contributed by atoms with Crippen molar-refractivity contribution in [3.05, 3.63) is 58.4 Å². The van der Waals surface area contributed by atoms with Crippen molar-refractivity contribution in [3.8, 4) is 11.3 Å². The molecule has 0 unspecified atom stereocenters. The van der Waals surface area contributed by atoms with Crippen LogP contribution < -0.4 is 5.32 Å². The van der Waals surface area contributed by atoms with E-state index in [2.05, 4.69) is 15.5 Å². The van der Waals surface area contributed by atoms with E-state index in [-0.39, 0.29) is 22.5 Å². The first-order valence-electron chi connectivity index (χ1n) is 6.53. The van der Waals surface area contributed by atoms with E-state index in [1.807, 2.05) is 30.3 Å². The first kappa shape index (κ1) is 14.9. The fourth-order valence-corrected chi connectivity index (χ4v) is 2.52. The second-order valence-corrected chi connectivity index (χ2v) is 5.54. The highest BCUT2D eigenvalue weighted by molar-refractivity contribution is 7.18. The molecule has 23 heavy (non-hydrogen) atoms. The number of rotatable bonds is 5. The van der Waals surface area contributed by atoms with Gasteiger partial charge in [-0.15, -0.1) is 0 Å². The summed E-state index contributed by atoms with van der Waals surface area (Å²) in [6, 6.07) is 11.1. The predicted molar refractivity (Wildman–Crippen MR) is 83.0 cm³/mol. The van der Waals surface area contributed by atoms with Gasteiger partial charge < -0.3 is 9.84 Å². The Labute approximate surface area is 133 Å². The van der Waals surface area contributed by atoms with Crippen LogP contribution in [0.5, 0.6) is 0 Å². The molecule has 1 N–H and O–H groups in total. The third kappa shape index (κ3) is 3.58. The van der Waals surface area contributed by atoms with Crippen molar-refractivity contribution in [1.82, 2.24) is 10.1 Å². The van der Waals surface area contributed by atoms with Gasteiger partial charge in [-0.2, -0.15) is 0 Å². The van der Waals surface area contributed by atoms with E-state index in [9.17, 15) is 14.9 Å². The number of carbonyl (C=O) groups is 1. The van der Waals surface area contributed by atoms with Gasteiger partial charge in [0.1, 0.15) is 6.20 Å². The van der Waals surface area contributed by atoms with Gasteiger partial charge in [0.05, 0.1) is 17.0 Å². The fraction of sp³-hybridized carbons (Fsp3) is 0.0714. The van der Waals surface area contributed by atoms with Crippen LogP contribution in [0.4, 0.5) is 10.1 Å². The first-order valence-corrected chi connectivity index (χ1v) is 7.34. The molecule has 1 aromatic carbocycles. The minimum absolute atomic E-state index is 0.0102. The number of carbonyl (C=O) groups excluding carboxylic acids is 1. The van der Waals surface area contributed by atoms with Crippen molar-refractivity contribution in [3.63, 3.8) is 0 Å². The molecular formula is C14H10N4O4S. The number of amides is 1. The Morgan fingerprint density at radius 1 is 1.35 bits per heavy atom. The topological polar surface area (TPSA) is 111 Å². The molecule has 1 amide bonds. The lowest BCUT2D eigenvalue weighted by Gasteiger charge is -1.97. The second kappa shape index (κ2) is 6.36. The zero-order valence-corrected chi connectivity index (χ0v) is 12.4. The monoisotopic (exact) mass is 330 g/mol. The van der Waals surface area contributed by atoms with Gasteiger partial charge in [0, 0.05) is 11.6 Å². The highest BCUT2D eigenvalue weighted by Crippen LogP contribution is 2.25. The molecule has 0 saturated heterocycles. The Hall–Kier alpha value is -3.07. The second-order valence-electron chi connectivity index (χ2n) is 4.53. The summed E-state index contributed by atoms with van der Waals surface area (Å²) in [5.41, 5.74) is 1.33. The number of hydrogen-bond donors (Lipinski definition) is 1. The predicted octanol–water partition coefficient (Wildman–Crippen LogP) is 2.89. The van der Waals surface area contributed by atoms with Crippen LogP contribution in [0.15, 0.2) is 47.1 Å². The van der Waals surface area contributed by atoms with E-state index in [1.165, 1.54) is 0 Å². The zero-order valence-electron chi connectivity index (χ0n) is 11.6. The molecule has 3 aromatic rings. The molecule has 8 nitrogen and oxygen atoms in total. The summed E-state index contributed by atoms with van der Waals surface area (Å²) in [6.07, 6.45) is 1.09. The molecule has 0 spiro atoms. The SMILES string of the molecule is O=C(Cc1cc(-c2ccccc2)on1)Nc1ncc([N+](=O)[O-])s1. The van der Waals surface area contributed by atoms with Crippen molar-refractivity contribution in [1.29, 1.82) is 0 Å². The maximum Gasteiger partial charge on any atom is 0.345 e. The van der Waals surface area contributed by atoms with Gasteiger partial charge in [0.15, 0.2) is 10.9 Å². The van der Waals surface area contributed by atoms with Crippen LogP contribution in [0.3, 0.4) is 0 Å². The molecule has 0 aliphatic carbocycles. The van der Waals surface area contributed by atoms with Crippen molar-refractivity contribution in [2.75, 3.05) is 5.32 Å². The number of nitro groups is 1. The van der Waals surface area contributed by atoms with Gasteiger partial charge in [0.25, 0.3) is 0 Å². The average Bonchev–Trinajstić information content (AvgIpc) is 3.18. The van der Waals surface area contributed by atoms with E-state index in [0.29, 0.717) is 11.5 Å². The van der Waals surface area contributed by atoms with E-state index >= 15 is 0 Å². The van der Waals surface area contributed by atoms with Crippen LogP contribution in [0.1, 0.15) is 5.69 Å². The van der Waals surface area contributed by atoms with Crippen LogP contribution in [-0.4, -0.2) is 21.0 Å². The van der Waals surface area contributed by atoms with Crippen LogP contribution in [0, 0.1) is 10.1 Å². The summed E-state index contributed by atoms with van der Waals surface area (Å²) in [7, 11) is 0. The van der Waals surface area contributed by atoms with Crippen LogP contribution in [0.2, 0.25) is 0 Å². The molecule has 0 fully saturated rings. The summed E-state index contributed by atoms with van der Waals surface area (Å²) in [5.74, 6) is 0.195. The number of benzene rings is 1.